The maximum Gasteiger partial charge on any atom is 0.416 e. The Balaban J connectivity index is 1.53. The Hall–Kier alpha value is -3.82. The first-order chi connectivity index (χ1) is 15.4. The molecule has 0 radical (unpaired) electrons. The molecule has 0 aliphatic heterocycles. The van der Waals surface area contributed by atoms with E-state index in [2.05, 4.69) is 5.10 Å². The molecular formula is C23H21F3N2O5. The molecule has 0 saturated carbocycles. The molecule has 33 heavy (non-hydrogen) atoms. The van der Waals surface area contributed by atoms with Crippen LogP contribution in [0.4, 0.5) is 13.2 Å². The Labute approximate surface area is 187 Å². The summed E-state index contributed by atoms with van der Waals surface area (Å²) in [6, 6.07) is 10.7. The van der Waals surface area contributed by atoms with Crippen LogP contribution in [0.3, 0.4) is 0 Å². The smallest absolute Gasteiger partial charge is 0.416 e. The Morgan fingerprint density at radius 3 is 2.21 bits per heavy atom. The van der Waals surface area contributed by atoms with Crippen molar-refractivity contribution in [3.63, 3.8) is 0 Å². The summed E-state index contributed by atoms with van der Waals surface area (Å²) in [5.41, 5.74) is -0.624. The predicted octanol–water partition coefficient (Wildman–Crippen LogP) is 4.55. The molecule has 3 aromatic rings. The van der Waals surface area contributed by atoms with Gasteiger partial charge in [-0.05, 0) is 55.8 Å². The van der Waals surface area contributed by atoms with Crippen molar-refractivity contribution >= 4 is 11.9 Å². The number of carbonyl (C=O) groups excluding carboxylic acids is 1. The second-order valence-corrected chi connectivity index (χ2v) is 7.76. The second kappa shape index (κ2) is 9.35. The third-order valence-electron chi connectivity index (χ3n) is 4.66. The van der Waals surface area contributed by atoms with Gasteiger partial charge in [0.2, 0.25) is 0 Å². The first kappa shape index (κ1) is 23.8. The number of benzene rings is 2. The lowest BCUT2D eigenvalue weighted by Gasteiger charge is -2.21. The van der Waals surface area contributed by atoms with Crippen LogP contribution in [0.2, 0.25) is 0 Å². The number of aromatic nitrogens is 2. The summed E-state index contributed by atoms with van der Waals surface area (Å²) in [5, 5.41) is 13.2. The first-order valence-electron chi connectivity index (χ1n) is 9.81. The van der Waals surface area contributed by atoms with Gasteiger partial charge in [-0.25, -0.2) is 9.59 Å². The van der Waals surface area contributed by atoms with Crippen LogP contribution in [0.5, 0.6) is 5.75 Å². The molecule has 0 amide bonds. The lowest BCUT2D eigenvalue weighted by molar-refractivity contribution is -0.152. The molecule has 1 N–H and O–H groups in total. The van der Waals surface area contributed by atoms with E-state index in [1.54, 1.807) is 6.20 Å². The number of halogens is 3. The summed E-state index contributed by atoms with van der Waals surface area (Å²) < 4.78 is 50.1. The van der Waals surface area contributed by atoms with Gasteiger partial charge in [0.05, 0.1) is 23.9 Å². The molecule has 0 aliphatic rings. The van der Waals surface area contributed by atoms with Gasteiger partial charge in [0.25, 0.3) is 0 Å². The Kier molecular flexibility index (Phi) is 6.75. The van der Waals surface area contributed by atoms with Gasteiger partial charge < -0.3 is 14.6 Å². The number of alkyl halides is 3. The molecule has 1 heterocycles. The zero-order valence-electron chi connectivity index (χ0n) is 17.8. The monoisotopic (exact) mass is 462 g/mol. The number of carboxylic acids is 1. The summed E-state index contributed by atoms with van der Waals surface area (Å²) in [7, 11) is 0. The zero-order valence-corrected chi connectivity index (χ0v) is 17.8. The number of hydrogen-bond donors (Lipinski definition) is 1. The highest BCUT2D eigenvalue weighted by atomic mass is 19.4. The molecule has 0 spiro atoms. The van der Waals surface area contributed by atoms with Crippen LogP contribution in [0, 0.1) is 0 Å². The normalized spacial score (nSPS) is 11.8. The number of nitrogens with zero attached hydrogens (tertiary/aromatic N) is 2. The fourth-order valence-electron chi connectivity index (χ4n) is 2.78. The van der Waals surface area contributed by atoms with E-state index < -0.39 is 29.3 Å². The second-order valence-electron chi connectivity index (χ2n) is 7.76. The van der Waals surface area contributed by atoms with Gasteiger partial charge in [-0.3, -0.25) is 4.68 Å². The van der Waals surface area contributed by atoms with E-state index in [0.29, 0.717) is 16.9 Å². The summed E-state index contributed by atoms with van der Waals surface area (Å²) in [5.74, 6) is -1.41. The van der Waals surface area contributed by atoms with Gasteiger partial charge >= 0.3 is 18.1 Å². The van der Waals surface area contributed by atoms with E-state index in [-0.39, 0.29) is 18.7 Å². The molecule has 7 nitrogen and oxygen atoms in total. The maximum atomic E-state index is 12.6. The van der Waals surface area contributed by atoms with Gasteiger partial charge in [0.15, 0.2) is 5.60 Å². The molecule has 0 saturated heterocycles. The van der Waals surface area contributed by atoms with Crippen LogP contribution in [-0.4, -0.2) is 32.4 Å². The fourth-order valence-corrected chi connectivity index (χ4v) is 2.78. The summed E-state index contributed by atoms with van der Waals surface area (Å²) in [4.78, 5) is 23.4. The van der Waals surface area contributed by atoms with E-state index >= 15 is 0 Å². The molecule has 0 fully saturated rings. The van der Waals surface area contributed by atoms with Crippen molar-refractivity contribution in [3.8, 4) is 5.75 Å². The average molecular weight is 462 g/mol. The highest BCUT2D eigenvalue weighted by molar-refractivity contribution is 5.89. The van der Waals surface area contributed by atoms with E-state index in [0.717, 1.165) is 12.1 Å². The van der Waals surface area contributed by atoms with Crippen molar-refractivity contribution in [1.82, 2.24) is 9.78 Å². The van der Waals surface area contributed by atoms with Crippen molar-refractivity contribution in [2.45, 2.75) is 38.8 Å². The van der Waals surface area contributed by atoms with E-state index in [4.69, 9.17) is 14.6 Å². The average Bonchev–Trinajstić information content (AvgIpc) is 3.19. The number of aliphatic carboxylic acids is 1. The maximum absolute atomic E-state index is 12.6. The topological polar surface area (TPSA) is 90.7 Å². The Morgan fingerprint density at radius 1 is 1.00 bits per heavy atom. The number of ether oxygens (including phenoxy) is 2. The van der Waals surface area contributed by atoms with Gasteiger partial charge in [-0.1, -0.05) is 12.1 Å². The number of carboxylic acid groups (broad SMARTS) is 1. The quantitative estimate of drug-likeness (QED) is 0.494. The molecule has 0 atom stereocenters. The molecule has 10 heteroatoms. The van der Waals surface area contributed by atoms with Crippen molar-refractivity contribution < 1.29 is 37.3 Å². The number of carbonyl (C=O) groups is 2. The van der Waals surface area contributed by atoms with E-state index in [1.165, 1.54) is 61.1 Å². The van der Waals surface area contributed by atoms with Crippen molar-refractivity contribution in [2.75, 3.05) is 0 Å². The van der Waals surface area contributed by atoms with Crippen molar-refractivity contribution in [2.24, 2.45) is 0 Å². The molecule has 2 aromatic carbocycles. The van der Waals surface area contributed by atoms with Crippen LogP contribution >= 0.6 is 0 Å². The van der Waals surface area contributed by atoms with Gasteiger partial charge in [0.1, 0.15) is 12.4 Å². The Morgan fingerprint density at radius 2 is 1.64 bits per heavy atom. The molecule has 1 aromatic heterocycles. The van der Waals surface area contributed by atoms with Gasteiger partial charge in [-0.2, -0.15) is 18.3 Å². The molecular weight excluding hydrogens is 441 g/mol. The van der Waals surface area contributed by atoms with Crippen LogP contribution in [0.1, 0.15) is 40.9 Å². The third-order valence-corrected chi connectivity index (χ3v) is 4.66. The predicted molar refractivity (Wildman–Crippen MR) is 111 cm³/mol. The number of esters is 1. The molecule has 0 bridgehead atoms. The molecule has 3 rings (SSSR count). The molecule has 0 aliphatic carbocycles. The largest absolute Gasteiger partial charge is 0.478 e. The van der Waals surface area contributed by atoms with Crippen LogP contribution < -0.4 is 4.74 Å². The summed E-state index contributed by atoms with van der Waals surface area (Å²) in [6.45, 7) is 3.04. The molecule has 0 unspecified atom stereocenters. The highest BCUT2D eigenvalue weighted by Crippen LogP contribution is 2.29. The zero-order chi connectivity index (χ0) is 24.2. The first-order valence-corrected chi connectivity index (χ1v) is 9.81. The molecule has 174 valence electrons. The lowest BCUT2D eigenvalue weighted by Crippen LogP contribution is -2.37. The minimum atomic E-state index is -4.39. The minimum Gasteiger partial charge on any atom is -0.478 e. The van der Waals surface area contributed by atoms with Gasteiger partial charge in [-0.15, -0.1) is 0 Å². The standard InChI is InChI=1S/C23H21F3N2O5/c1-22(2,21(30)31)33-19-9-5-17(6-10-19)20(29)32-14-16-11-27-28(13-16)12-15-3-7-18(8-4-15)23(24,25)26/h3-11,13H,12,14H2,1-2H3,(H,30,31). The minimum absolute atomic E-state index is 0.0455. The Bertz CT molecular complexity index is 1120. The fraction of sp³-hybridized carbons (Fsp3) is 0.261. The van der Waals surface area contributed by atoms with Crippen molar-refractivity contribution in [1.29, 1.82) is 0 Å². The third kappa shape index (κ3) is 6.34. The van der Waals surface area contributed by atoms with Crippen LogP contribution in [0.15, 0.2) is 60.9 Å². The SMILES string of the molecule is CC(C)(Oc1ccc(C(=O)OCc2cnn(Cc3ccc(C(F)(F)F)cc3)c2)cc1)C(=O)O. The summed E-state index contributed by atoms with van der Waals surface area (Å²) in [6.07, 6.45) is -1.25. The summed E-state index contributed by atoms with van der Waals surface area (Å²) >= 11 is 0. The highest BCUT2D eigenvalue weighted by Gasteiger charge is 2.30. The van der Waals surface area contributed by atoms with Gasteiger partial charge in [0, 0.05) is 11.8 Å². The number of rotatable bonds is 8. The number of hydrogen-bond acceptors (Lipinski definition) is 5. The van der Waals surface area contributed by atoms with E-state index in [1.807, 2.05) is 0 Å². The van der Waals surface area contributed by atoms with E-state index in [9.17, 15) is 22.8 Å². The van der Waals surface area contributed by atoms with Crippen molar-refractivity contribution in [3.05, 3.63) is 83.2 Å². The van der Waals surface area contributed by atoms with Crippen LogP contribution in [0.25, 0.3) is 0 Å². The lowest BCUT2D eigenvalue weighted by atomic mass is 10.1. The van der Waals surface area contributed by atoms with Crippen LogP contribution in [-0.2, 0) is 28.9 Å².